The summed E-state index contributed by atoms with van der Waals surface area (Å²) in [6, 6.07) is -0.342. The van der Waals surface area contributed by atoms with Crippen molar-refractivity contribution in [1.82, 2.24) is 14.9 Å². The van der Waals surface area contributed by atoms with Crippen LogP contribution < -0.4 is 10.6 Å². The molecule has 2 N–H and O–H groups in total. The Morgan fingerprint density at radius 3 is 2.83 bits per heavy atom. The summed E-state index contributed by atoms with van der Waals surface area (Å²) in [4.78, 5) is 21.9. The molecule has 1 aromatic rings. The first-order valence-electron chi connectivity index (χ1n) is 5.71. The minimum Gasteiger partial charge on any atom is -0.358 e. The Hall–Kier alpha value is -1.37. The smallest absolute Gasteiger partial charge is 0.244 e. The third-order valence-corrected chi connectivity index (χ3v) is 3.12. The van der Waals surface area contributed by atoms with Crippen LogP contribution in [0.25, 0.3) is 0 Å². The lowest BCUT2D eigenvalue weighted by Crippen LogP contribution is -2.39. The Kier molecular flexibility index (Phi) is 5.33. The molecule has 1 amide bonds. The van der Waals surface area contributed by atoms with Crippen molar-refractivity contribution < 1.29 is 4.79 Å². The first-order chi connectivity index (χ1) is 8.49. The summed E-state index contributed by atoms with van der Waals surface area (Å²) in [5.41, 5.74) is 0. The van der Waals surface area contributed by atoms with Crippen molar-refractivity contribution in [2.24, 2.45) is 0 Å². The molecule has 0 aromatic carbocycles. The number of anilines is 2. The number of carbonyl (C=O) groups is 1. The van der Waals surface area contributed by atoms with Crippen molar-refractivity contribution in [3.05, 3.63) is 10.7 Å². The van der Waals surface area contributed by atoms with Gasteiger partial charge in [0.05, 0.1) is 4.47 Å². The standard InChI is InChI=1S/C11H18BrN5O/c1-5-17(4)10(18)7(2)15-9-8(12)6-14-11(13-3)16-9/h6-7H,5H2,1-4H3,(H2,13,14,15,16). The van der Waals surface area contributed by atoms with Gasteiger partial charge in [0.2, 0.25) is 11.9 Å². The number of amides is 1. The highest BCUT2D eigenvalue weighted by Crippen LogP contribution is 2.20. The molecule has 0 bridgehead atoms. The maximum absolute atomic E-state index is 11.9. The van der Waals surface area contributed by atoms with Crippen molar-refractivity contribution in [2.45, 2.75) is 19.9 Å². The van der Waals surface area contributed by atoms with E-state index in [9.17, 15) is 4.79 Å². The number of halogens is 1. The van der Waals surface area contributed by atoms with E-state index in [0.717, 1.165) is 4.47 Å². The average molecular weight is 316 g/mol. The fourth-order valence-corrected chi connectivity index (χ4v) is 1.65. The summed E-state index contributed by atoms with van der Waals surface area (Å²) in [6.45, 7) is 4.42. The Labute approximate surface area is 115 Å². The van der Waals surface area contributed by atoms with Crippen LogP contribution in [0.4, 0.5) is 11.8 Å². The average Bonchev–Trinajstić information content (AvgIpc) is 2.39. The predicted molar refractivity (Wildman–Crippen MR) is 75.7 cm³/mol. The number of nitrogens with one attached hydrogen (secondary N) is 2. The van der Waals surface area contributed by atoms with Crippen LogP contribution in [0.2, 0.25) is 0 Å². The van der Waals surface area contributed by atoms with E-state index in [1.807, 2.05) is 13.8 Å². The van der Waals surface area contributed by atoms with Crippen molar-refractivity contribution in [3.8, 4) is 0 Å². The van der Waals surface area contributed by atoms with Crippen LogP contribution in [0.1, 0.15) is 13.8 Å². The van der Waals surface area contributed by atoms with Crippen LogP contribution in [0.3, 0.4) is 0 Å². The van der Waals surface area contributed by atoms with Crippen LogP contribution in [0, 0.1) is 0 Å². The van der Waals surface area contributed by atoms with Crippen molar-refractivity contribution in [3.63, 3.8) is 0 Å². The van der Waals surface area contributed by atoms with Gasteiger partial charge < -0.3 is 15.5 Å². The fraction of sp³-hybridized carbons (Fsp3) is 0.545. The van der Waals surface area contributed by atoms with Gasteiger partial charge in [0.25, 0.3) is 0 Å². The number of rotatable bonds is 5. The van der Waals surface area contributed by atoms with Gasteiger partial charge in [0, 0.05) is 26.8 Å². The third-order valence-electron chi connectivity index (χ3n) is 2.54. The molecule has 0 spiro atoms. The number of hydrogen-bond donors (Lipinski definition) is 2. The number of nitrogens with zero attached hydrogens (tertiary/aromatic N) is 3. The van der Waals surface area contributed by atoms with Crippen molar-refractivity contribution in [1.29, 1.82) is 0 Å². The second-order valence-electron chi connectivity index (χ2n) is 3.86. The SMILES string of the molecule is CCN(C)C(=O)C(C)Nc1nc(NC)ncc1Br. The van der Waals surface area contributed by atoms with Crippen LogP contribution in [0.15, 0.2) is 10.7 Å². The highest BCUT2D eigenvalue weighted by atomic mass is 79.9. The molecule has 0 aliphatic carbocycles. The molecule has 0 radical (unpaired) electrons. The number of aromatic nitrogens is 2. The molecule has 7 heteroatoms. The Bertz CT molecular complexity index is 426. The normalized spacial score (nSPS) is 11.8. The molecule has 1 rings (SSSR count). The van der Waals surface area contributed by atoms with Gasteiger partial charge in [-0.2, -0.15) is 4.98 Å². The minimum atomic E-state index is -0.342. The second kappa shape index (κ2) is 6.53. The van der Waals surface area contributed by atoms with Gasteiger partial charge in [-0.1, -0.05) is 0 Å². The van der Waals surface area contributed by atoms with Crippen LogP contribution in [-0.4, -0.2) is 47.5 Å². The topological polar surface area (TPSA) is 70.2 Å². The Morgan fingerprint density at radius 1 is 1.61 bits per heavy atom. The highest BCUT2D eigenvalue weighted by Gasteiger charge is 2.17. The number of carbonyl (C=O) groups excluding carboxylic acids is 1. The molecule has 0 fully saturated rings. The molecule has 1 atom stereocenters. The molecular weight excluding hydrogens is 298 g/mol. The molecule has 1 heterocycles. The van der Waals surface area contributed by atoms with Crippen LogP contribution >= 0.6 is 15.9 Å². The van der Waals surface area contributed by atoms with Gasteiger partial charge in [-0.3, -0.25) is 4.79 Å². The molecule has 0 aliphatic heterocycles. The quantitative estimate of drug-likeness (QED) is 0.863. The molecule has 1 unspecified atom stereocenters. The molecule has 0 saturated carbocycles. The molecule has 6 nitrogen and oxygen atoms in total. The summed E-state index contributed by atoms with van der Waals surface area (Å²) in [5, 5.41) is 5.92. The summed E-state index contributed by atoms with van der Waals surface area (Å²) in [7, 11) is 3.51. The number of likely N-dealkylation sites (N-methyl/N-ethyl adjacent to an activating group) is 1. The Morgan fingerprint density at radius 2 is 2.28 bits per heavy atom. The molecule has 1 aromatic heterocycles. The maximum Gasteiger partial charge on any atom is 0.244 e. The van der Waals surface area contributed by atoms with Gasteiger partial charge in [-0.25, -0.2) is 4.98 Å². The minimum absolute atomic E-state index is 0.0222. The lowest BCUT2D eigenvalue weighted by atomic mass is 10.3. The monoisotopic (exact) mass is 315 g/mol. The second-order valence-corrected chi connectivity index (χ2v) is 4.71. The van der Waals surface area contributed by atoms with Gasteiger partial charge in [-0.05, 0) is 29.8 Å². The van der Waals surface area contributed by atoms with Gasteiger partial charge in [0.15, 0.2) is 0 Å². The first-order valence-corrected chi connectivity index (χ1v) is 6.50. The first kappa shape index (κ1) is 14.7. The summed E-state index contributed by atoms with van der Waals surface area (Å²) < 4.78 is 0.723. The maximum atomic E-state index is 11.9. The molecule has 0 saturated heterocycles. The Balaban J connectivity index is 2.80. The van der Waals surface area contributed by atoms with E-state index in [4.69, 9.17) is 0 Å². The molecular formula is C11H18BrN5O. The number of hydrogen-bond acceptors (Lipinski definition) is 5. The van der Waals surface area contributed by atoms with E-state index in [1.165, 1.54) is 0 Å². The molecule has 18 heavy (non-hydrogen) atoms. The molecule has 100 valence electrons. The van der Waals surface area contributed by atoms with E-state index in [-0.39, 0.29) is 11.9 Å². The van der Waals surface area contributed by atoms with Crippen molar-refractivity contribution >= 4 is 33.6 Å². The zero-order chi connectivity index (χ0) is 13.7. The highest BCUT2D eigenvalue weighted by molar-refractivity contribution is 9.10. The van der Waals surface area contributed by atoms with Gasteiger partial charge in [0.1, 0.15) is 11.9 Å². The van der Waals surface area contributed by atoms with Gasteiger partial charge >= 0.3 is 0 Å². The third kappa shape index (κ3) is 3.56. The largest absolute Gasteiger partial charge is 0.358 e. The van der Waals surface area contributed by atoms with Crippen LogP contribution in [-0.2, 0) is 4.79 Å². The zero-order valence-electron chi connectivity index (χ0n) is 11.0. The van der Waals surface area contributed by atoms with E-state index >= 15 is 0 Å². The van der Waals surface area contributed by atoms with Crippen LogP contribution in [0.5, 0.6) is 0 Å². The molecule has 0 aliphatic rings. The zero-order valence-corrected chi connectivity index (χ0v) is 12.6. The summed E-state index contributed by atoms with van der Waals surface area (Å²) >= 11 is 3.35. The fourth-order valence-electron chi connectivity index (χ4n) is 1.34. The lowest BCUT2D eigenvalue weighted by Gasteiger charge is -2.21. The predicted octanol–water partition coefficient (Wildman–Crippen LogP) is 1.56. The van der Waals surface area contributed by atoms with E-state index in [1.54, 1.807) is 25.2 Å². The lowest BCUT2D eigenvalue weighted by molar-refractivity contribution is -0.130. The summed E-state index contributed by atoms with van der Waals surface area (Å²) in [5.74, 6) is 1.12. The van der Waals surface area contributed by atoms with E-state index < -0.39 is 0 Å². The van der Waals surface area contributed by atoms with Crippen molar-refractivity contribution in [2.75, 3.05) is 31.3 Å². The summed E-state index contributed by atoms with van der Waals surface area (Å²) in [6.07, 6.45) is 1.64. The van der Waals surface area contributed by atoms with Gasteiger partial charge in [-0.15, -0.1) is 0 Å². The van der Waals surface area contributed by atoms with E-state index in [0.29, 0.717) is 18.3 Å². The van der Waals surface area contributed by atoms with E-state index in [2.05, 4.69) is 36.5 Å².